The van der Waals surface area contributed by atoms with Crippen LogP contribution in [0, 0.1) is 0 Å². The first-order valence-electron chi connectivity index (χ1n) is 20.3. The Balaban J connectivity index is 0.000000312. The van der Waals surface area contributed by atoms with Gasteiger partial charge < -0.3 is 24.4 Å². The molecule has 0 atom stereocenters. The molecule has 1 N–H and O–H groups in total. The second-order valence-electron chi connectivity index (χ2n) is 14.5. The number of aldehydes is 1. The third-order valence-electron chi connectivity index (χ3n) is 9.43. The molecule has 0 bridgehead atoms. The molecule has 63 heavy (non-hydrogen) atoms. The van der Waals surface area contributed by atoms with Crippen molar-refractivity contribution in [1.82, 2.24) is 9.80 Å². The Kier molecular flexibility index (Phi) is 26.8. The molecule has 6 aromatic carbocycles. The minimum Gasteiger partial charge on any atom is 0 e. The molecule has 6 rings (SSSR count). The van der Waals surface area contributed by atoms with Gasteiger partial charge >= 0.3 is 50.5 Å². The van der Waals surface area contributed by atoms with Crippen LogP contribution in [0.4, 0.5) is 0 Å². The fraction of sp³-hybridized carbons (Fsp3) is 0.189. The molecule has 0 saturated heterocycles. The van der Waals surface area contributed by atoms with Gasteiger partial charge in [-0.25, -0.2) is 0 Å². The molecular formula is C53H56I3N2O4V-. The summed E-state index contributed by atoms with van der Waals surface area (Å²) in [5.74, 6) is 1.69. The number of likely N-dealkylation sites (N-methyl/N-ethyl adjacent to an activating group) is 2. The van der Waals surface area contributed by atoms with E-state index in [0.717, 1.165) is 81.0 Å². The van der Waals surface area contributed by atoms with E-state index in [1.165, 1.54) is 0 Å². The zero-order valence-electron chi connectivity index (χ0n) is 36.3. The van der Waals surface area contributed by atoms with Crippen LogP contribution >= 0.6 is 37.2 Å². The van der Waals surface area contributed by atoms with Crippen molar-refractivity contribution in [2.24, 2.45) is 0 Å². The fourth-order valence-corrected chi connectivity index (χ4v) is 6.40. The average molecular weight is 1220 g/mol. The maximum absolute atomic E-state index is 12.1. The Bertz CT molecular complexity index is 2260. The number of carbonyl (C=O) groups excluding carboxylic acids is 1. The van der Waals surface area contributed by atoms with Gasteiger partial charge in [-0.1, -0.05) is 158 Å². The maximum Gasteiger partial charge on any atom is 0 e. The van der Waals surface area contributed by atoms with Crippen LogP contribution in [0.1, 0.15) is 39.8 Å². The molecule has 6 nitrogen and oxygen atoms in total. The Morgan fingerprint density at radius 1 is 0.524 bits per heavy atom. The van der Waals surface area contributed by atoms with Crippen LogP contribution in [0.25, 0.3) is 22.3 Å². The number of ether oxygens (including phenoxy) is 2. The molecule has 0 aliphatic rings. The fourth-order valence-electron chi connectivity index (χ4n) is 6.40. The first-order valence-corrected chi connectivity index (χ1v) is 32.9. The van der Waals surface area contributed by atoms with Gasteiger partial charge in [0, 0.05) is 43.8 Å². The summed E-state index contributed by atoms with van der Waals surface area (Å²) in [5.41, 5.74) is 10.2. The molecule has 0 aromatic heterocycles. The summed E-state index contributed by atoms with van der Waals surface area (Å²) >= 11 is 5.30. The second-order valence-corrected chi connectivity index (χ2v) is 30.7. The Morgan fingerprint density at radius 2 is 0.841 bits per heavy atom. The molecule has 0 aliphatic carbocycles. The molecule has 0 heterocycles. The number of aliphatic hydroxyl groups is 1. The minimum atomic E-state index is 0. The SMILES string of the molecule is CN(C)CCOc1ccc(C(=C(/C=C\CCO)c2ccccc2)c2ccccc2)cc1.CN(C)CCOc1ccc(C(=C(C=O)c2ccccc2)c2ccccc2)cc1.I[I-]I.[V]. The number of benzene rings is 6. The van der Waals surface area contributed by atoms with E-state index in [4.69, 9.17) is 9.47 Å². The molecule has 10 heteroatoms. The van der Waals surface area contributed by atoms with Crippen molar-refractivity contribution in [3.05, 3.63) is 215 Å². The number of aliphatic hydroxyl groups excluding tert-OH is 1. The zero-order chi connectivity index (χ0) is 44.4. The van der Waals surface area contributed by atoms with Crippen LogP contribution < -0.4 is 22.7 Å². The van der Waals surface area contributed by atoms with E-state index in [-0.39, 0.29) is 25.2 Å². The van der Waals surface area contributed by atoms with E-state index >= 15 is 0 Å². The first-order chi connectivity index (χ1) is 30.3. The van der Waals surface area contributed by atoms with Gasteiger partial charge in [0.1, 0.15) is 24.7 Å². The number of carbonyl (C=O) groups is 1. The van der Waals surface area contributed by atoms with Gasteiger partial charge in [-0.15, -0.1) is 0 Å². The van der Waals surface area contributed by atoms with E-state index in [9.17, 15) is 9.90 Å². The molecule has 329 valence electrons. The van der Waals surface area contributed by atoms with Crippen molar-refractivity contribution < 1.29 is 51.2 Å². The Labute approximate surface area is 417 Å². The van der Waals surface area contributed by atoms with E-state index in [1.54, 1.807) is 0 Å². The second kappa shape index (κ2) is 31.4. The molecule has 6 aromatic rings. The summed E-state index contributed by atoms with van der Waals surface area (Å²) in [6.45, 7) is 3.17. The Morgan fingerprint density at radius 3 is 1.17 bits per heavy atom. The van der Waals surface area contributed by atoms with Crippen LogP contribution in [0.5, 0.6) is 11.5 Å². The number of allylic oxidation sites excluding steroid dienone is 3. The van der Waals surface area contributed by atoms with Gasteiger partial charge in [-0.2, -0.15) is 0 Å². The normalized spacial score (nSPS) is 11.6. The van der Waals surface area contributed by atoms with E-state index in [0.29, 0.717) is 38.5 Å². The van der Waals surface area contributed by atoms with Crippen molar-refractivity contribution in [3.8, 4) is 11.5 Å². The smallest absolute Gasteiger partial charge is 0 e. The molecule has 0 unspecified atom stereocenters. The predicted octanol–water partition coefficient (Wildman–Crippen LogP) is 9.08. The number of nitrogens with zero attached hydrogens (tertiary/aromatic N) is 2. The number of halogens is 3. The van der Waals surface area contributed by atoms with Gasteiger partial charge in [0.2, 0.25) is 0 Å². The maximum atomic E-state index is 12.1. The topological polar surface area (TPSA) is 62.2 Å². The molecule has 0 amide bonds. The van der Waals surface area contributed by atoms with Crippen molar-refractivity contribution in [3.63, 3.8) is 0 Å². The van der Waals surface area contributed by atoms with Crippen molar-refractivity contribution in [2.45, 2.75) is 6.42 Å². The number of rotatable bonds is 18. The van der Waals surface area contributed by atoms with Crippen LogP contribution in [-0.4, -0.2) is 82.3 Å². The largest absolute Gasteiger partial charge is 0 e. The third kappa shape index (κ3) is 18.8. The van der Waals surface area contributed by atoms with Crippen molar-refractivity contribution in [2.75, 3.05) is 61.1 Å². The van der Waals surface area contributed by atoms with Crippen LogP contribution in [0.2, 0.25) is 0 Å². The van der Waals surface area contributed by atoms with E-state index in [2.05, 4.69) is 114 Å². The molecular weight excluding hydrogens is 1160 g/mol. The summed E-state index contributed by atoms with van der Waals surface area (Å²) in [7, 11) is 8.12. The summed E-state index contributed by atoms with van der Waals surface area (Å²) in [5, 5.41) is 9.27. The van der Waals surface area contributed by atoms with Crippen molar-refractivity contribution in [1.29, 1.82) is 0 Å². The average Bonchev–Trinajstić information content (AvgIpc) is 3.30. The summed E-state index contributed by atoms with van der Waals surface area (Å²) in [6.07, 6.45) is 5.72. The van der Waals surface area contributed by atoms with E-state index in [1.807, 2.05) is 143 Å². The summed E-state index contributed by atoms with van der Waals surface area (Å²) < 4.78 is 11.7. The monoisotopic (exact) mass is 1220 g/mol. The molecule has 0 saturated carbocycles. The van der Waals surface area contributed by atoms with Gasteiger partial charge in [0.15, 0.2) is 6.29 Å². The molecule has 0 aliphatic heterocycles. The zero-order valence-corrected chi connectivity index (χ0v) is 44.2. The first kappa shape index (κ1) is 53.8. The van der Waals surface area contributed by atoms with Crippen LogP contribution in [0.3, 0.4) is 0 Å². The minimum absolute atomic E-state index is 0. The van der Waals surface area contributed by atoms with Gasteiger partial charge in [0.25, 0.3) is 0 Å². The number of hydrogen-bond acceptors (Lipinski definition) is 6. The molecule has 0 spiro atoms. The molecule has 1 radical (unpaired) electrons. The van der Waals surface area contributed by atoms with Gasteiger partial charge in [-0.3, -0.25) is 4.79 Å². The third-order valence-corrected chi connectivity index (χ3v) is 9.43. The van der Waals surface area contributed by atoms with Crippen LogP contribution in [-0.2, 0) is 23.4 Å². The quantitative estimate of drug-likeness (QED) is 0.0305. The van der Waals surface area contributed by atoms with E-state index < -0.39 is 0 Å². The van der Waals surface area contributed by atoms with Gasteiger partial charge in [-0.05, 0) is 109 Å². The van der Waals surface area contributed by atoms with Gasteiger partial charge in [0.05, 0.1) is 0 Å². The summed E-state index contributed by atoms with van der Waals surface area (Å²) in [6, 6.07) is 56.9. The number of hydrogen-bond donors (Lipinski definition) is 1. The summed E-state index contributed by atoms with van der Waals surface area (Å²) in [4.78, 5) is 16.3. The Hall–Kier alpha value is -3.54. The predicted molar refractivity (Wildman–Crippen MR) is 274 cm³/mol. The van der Waals surface area contributed by atoms with Crippen molar-refractivity contribution >= 4 is 65.8 Å². The standard InChI is InChI=1S/C28H31NO2.C25H25NO2.I3.V/c1-29(2)20-22-31-26-18-16-25(17-19-26)28(24-13-7-4-8-14-24)27(15-9-10-21-30)23-11-5-3-6-12-23;1-26(2)17-18-28-23-15-13-22(14-16-23)25(21-11-7-4-8-12-21)24(19-27)20-9-5-3-6-10-20;1-3-2;/h3-9,11-19,30H,10,20-22H2,1-2H3;3-16,19H,17-18H2,1-2H3;;/q;;-1;/b15-9-,28-27?;;;. The van der Waals surface area contributed by atoms with Crippen LogP contribution in [0.15, 0.2) is 182 Å². The molecule has 0 fully saturated rings.